The Labute approximate surface area is 103 Å². The molecule has 86 valence electrons. The van der Waals surface area contributed by atoms with Crippen LogP contribution in [-0.4, -0.2) is 23.4 Å². The minimum atomic E-state index is -0.729. The van der Waals surface area contributed by atoms with Crippen LogP contribution >= 0.6 is 11.6 Å². The zero-order chi connectivity index (χ0) is 12.4. The molecule has 3 amide bonds. The van der Waals surface area contributed by atoms with Gasteiger partial charge < -0.3 is 5.32 Å². The van der Waals surface area contributed by atoms with Crippen molar-refractivity contribution in [3.05, 3.63) is 34.9 Å². The first kappa shape index (κ1) is 11.4. The fourth-order valence-corrected chi connectivity index (χ4v) is 1.75. The molecular weight excluding hydrogens is 242 g/mol. The van der Waals surface area contributed by atoms with Crippen LogP contribution in [0.4, 0.5) is 4.79 Å². The van der Waals surface area contributed by atoms with Crippen molar-refractivity contribution in [3.8, 4) is 6.07 Å². The Morgan fingerprint density at radius 2 is 2.00 bits per heavy atom. The second kappa shape index (κ2) is 4.44. The quantitative estimate of drug-likeness (QED) is 0.637. The van der Waals surface area contributed by atoms with E-state index in [1.807, 2.05) is 0 Å². The van der Waals surface area contributed by atoms with Crippen molar-refractivity contribution in [2.75, 3.05) is 6.54 Å². The molecule has 5 nitrogen and oxygen atoms in total. The third-order valence-corrected chi connectivity index (χ3v) is 2.71. The van der Waals surface area contributed by atoms with E-state index in [1.54, 1.807) is 30.3 Å². The first-order valence-corrected chi connectivity index (χ1v) is 5.25. The van der Waals surface area contributed by atoms with Gasteiger partial charge in [-0.1, -0.05) is 23.7 Å². The minimum absolute atomic E-state index is 0.241. The highest BCUT2D eigenvalue weighted by atomic mass is 35.5. The second-order valence-electron chi connectivity index (χ2n) is 3.52. The minimum Gasteiger partial charge on any atom is -0.322 e. The number of nitriles is 1. The van der Waals surface area contributed by atoms with Gasteiger partial charge in [0, 0.05) is 5.02 Å². The van der Waals surface area contributed by atoms with E-state index in [0.717, 1.165) is 4.90 Å². The largest absolute Gasteiger partial charge is 0.326 e. The van der Waals surface area contributed by atoms with Crippen LogP contribution in [0.3, 0.4) is 0 Å². The summed E-state index contributed by atoms with van der Waals surface area (Å²) in [5.74, 6) is -0.418. The predicted octanol–water partition coefficient (Wildman–Crippen LogP) is 1.46. The summed E-state index contributed by atoms with van der Waals surface area (Å²) < 4.78 is 0. The number of halogens is 1. The van der Waals surface area contributed by atoms with E-state index in [1.165, 1.54) is 0 Å². The molecule has 1 aliphatic rings. The summed E-state index contributed by atoms with van der Waals surface area (Å²) in [6, 6.07) is 7.12. The molecule has 1 heterocycles. The Hall–Kier alpha value is -2.06. The number of nitrogens with zero attached hydrogens (tertiary/aromatic N) is 2. The summed E-state index contributed by atoms with van der Waals surface area (Å²) >= 11 is 5.74. The van der Waals surface area contributed by atoms with Crippen molar-refractivity contribution in [1.29, 1.82) is 5.26 Å². The topological polar surface area (TPSA) is 73.2 Å². The van der Waals surface area contributed by atoms with Crippen LogP contribution in [0.2, 0.25) is 5.02 Å². The summed E-state index contributed by atoms with van der Waals surface area (Å²) in [7, 11) is 0. The van der Waals surface area contributed by atoms with E-state index in [9.17, 15) is 9.59 Å². The Bertz CT molecular complexity index is 506. The average molecular weight is 250 g/mol. The predicted molar refractivity (Wildman–Crippen MR) is 60.1 cm³/mol. The van der Waals surface area contributed by atoms with E-state index in [0.29, 0.717) is 10.6 Å². The lowest BCUT2D eigenvalue weighted by atomic mass is 10.1. The van der Waals surface area contributed by atoms with Crippen LogP contribution in [0.1, 0.15) is 11.6 Å². The van der Waals surface area contributed by atoms with Gasteiger partial charge in [0.2, 0.25) is 0 Å². The van der Waals surface area contributed by atoms with Crippen LogP contribution in [0.25, 0.3) is 0 Å². The Morgan fingerprint density at radius 3 is 2.59 bits per heavy atom. The normalized spacial score (nSPS) is 19.1. The number of amides is 3. The van der Waals surface area contributed by atoms with E-state index < -0.39 is 18.0 Å². The molecule has 1 aromatic rings. The van der Waals surface area contributed by atoms with Gasteiger partial charge in [-0.3, -0.25) is 4.79 Å². The van der Waals surface area contributed by atoms with E-state index in [4.69, 9.17) is 16.9 Å². The second-order valence-corrected chi connectivity index (χ2v) is 3.95. The first-order valence-electron chi connectivity index (χ1n) is 4.88. The fraction of sp³-hybridized carbons (Fsp3) is 0.182. The first-order chi connectivity index (χ1) is 8.13. The van der Waals surface area contributed by atoms with E-state index in [-0.39, 0.29) is 6.54 Å². The number of imide groups is 1. The van der Waals surface area contributed by atoms with Crippen LogP contribution in [0, 0.1) is 11.3 Å². The molecule has 1 N–H and O–H groups in total. The molecule has 6 heteroatoms. The lowest BCUT2D eigenvalue weighted by molar-refractivity contribution is -0.127. The van der Waals surface area contributed by atoms with Gasteiger partial charge in [-0.15, -0.1) is 0 Å². The van der Waals surface area contributed by atoms with Crippen molar-refractivity contribution >= 4 is 23.5 Å². The third kappa shape index (κ3) is 2.08. The zero-order valence-electron chi connectivity index (χ0n) is 8.68. The van der Waals surface area contributed by atoms with Crippen LogP contribution < -0.4 is 5.32 Å². The number of benzene rings is 1. The standard InChI is InChI=1S/C11H8ClN3O2/c12-8-3-1-7(2-4-8)9-10(16)15(6-5-13)11(17)14-9/h1-4,9H,6H2,(H,14,17). The number of rotatable bonds is 2. The number of hydrogen-bond acceptors (Lipinski definition) is 3. The lowest BCUT2D eigenvalue weighted by Gasteiger charge is -2.08. The van der Waals surface area contributed by atoms with Crippen LogP contribution in [-0.2, 0) is 4.79 Å². The van der Waals surface area contributed by atoms with Crippen molar-refractivity contribution < 1.29 is 9.59 Å². The van der Waals surface area contributed by atoms with E-state index in [2.05, 4.69) is 5.32 Å². The molecule has 0 aliphatic carbocycles. The monoisotopic (exact) mass is 249 g/mol. The van der Waals surface area contributed by atoms with Crippen molar-refractivity contribution in [2.45, 2.75) is 6.04 Å². The summed E-state index contributed by atoms with van der Waals surface area (Å²) in [5.41, 5.74) is 0.646. The Morgan fingerprint density at radius 1 is 1.35 bits per heavy atom. The molecule has 1 unspecified atom stereocenters. The van der Waals surface area contributed by atoms with Crippen LogP contribution in [0.15, 0.2) is 24.3 Å². The number of hydrogen-bond donors (Lipinski definition) is 1. The van der Waals surface area contributed by atoms with Gasteiger partial charge in [0.15, 0.2) is 0 Å². The highest BCUT2D eigenvalue weighted by Gasteiger charge is 2.38. The fourth-order valence-electron chi connectivity index (χ4n) is 1.62. The molecule has 0 bridgehead atoms. The molecular formula is C11H8ClN3O2. The SMILES string of the molecule is N#CCN1C(=O)NC(c2ccc(Cl)cc2)C1=O. The number of nitrogens with one attached hydrogen (secondary N) is 1. The number of urea groups is 1. The summed E-state index contributed by atoms with van der Waals surface area (Å²) in [5, 5.41) is 11.6. The molecule has 0 radical (unpaired) electrons. The molecule has 2 rings (SSSR count). The third-order valence-electron chi connectivity index (χ3n) is 2.46. The number of carbonyl (C=O) groups is 2. The summed E-state index contributed by atoms with van der Waals surface area (Å²) in [6.45, 7) is -0.241. The molecule has 1 fully saturated rings. The Kier molecular flexibility index (Phi) is 2.98. The van der Waals surface area contributed by atoms with Crippen LogP contribution in [0.5, 0.6) is 0 Å². The molecule has 0 spiro atoms. The van der Waals surface area contributed by atoms with E-state index >= 15 is 0 Å². The number of carbonyl (C=O) groups excluding carboxylic acids is 2. The molecule has 1 aromatic carbocycles. The van der Waals surface area contributed by atoms with Gasteiger partial charge in [-0.05, 0) is 17.7 Å². The average Bonchev–Trinajstić information content (AvgIpc) is 2.59. The van der Waals surface area contributed by atoms with Gasteiger partial charge in [-0.2, -0.15) is 5.26 Å². The van der Waals surface area contributed by atoms with Crippen molar-refractivity contribution in [2.24, 2.45) is 0 Å². The van der Waals surface area contributed by atoms with Gasteiger partial charge >= 0.3 is 6.03 Å². The van der Waals surface area contributed by atoms with Crippen molar-refractivity contribution in [3.63, 3.8) is 0 Å². The maximum absolute atomic E-state index is 11.8. The molecule has 0 aromatic heterocycles. The smallest absolute Gasteiger partial charge is 0.322 e. The summed E-state index contributed by atoms with van der Waals surface area (Å²) in [4.78, 5) is 24.2. The van der Waals surface area contributed by atoms with Gasteiger partial charge in [0.25, 0.3) is 5.91 Å². The zero-order valence-corrected chi connectivity index (χ0v) is 9.44. The van der Waals surface area contributed by atoms with Gasteiger partial charge in [0.1, 0.15) is 12.6 Å². The molecule has 0 saturated carbocycles. The summed E-state index contributed by atoms with van der Waals surface area (Å²) in [6.07, 6.45) is 0. The molecule has 1 saturated heterocycles. The highest BCUT2D eigenvalue weighted by Crippen LogP contribution is 2.22. The maximum Gasteiger partial charge on any atom is 0.326 e. The Balaban J connectivity index is 2.25. The van der Waals surface area contributed by atoms with Crippen molar-refractivity contribution in [1.82, 2.24) is 10.2 Å². The van der Waals surface area contributed by atoms with Gasteiger partial charge in [0.05, 0.1) is 6.07 Å². The highest BCUT2D eigenvalue weighted by molar-refractivity contribution is 6.30. The molecule has 17 heavy (non-hydrogen) atoms. The van der Waals surface area contributed by atoms with Gasteiger partial charge in [-0.25, -0.2) is 9.69 Å². The molecule has 1 atom stereocenters. The lowest BCUT2D eigenvalue weighted by Crippen LogP contribution is -2.31. The molecule has 1 aliphatic heterocycles. The maximum atomic E-state index is 11.8.